The van der Waals surface area contributed by atoms with E-state index in [0.29, 0.717) is 0 Å². The highest BCUT2D eigenvalue weighted by Gasteiger charge is 2.16. The molecule has 0 radical (unpaired) electrons. The van der Waals surface area contributed by atoms with Crippen LogP contribution in [0.4, 0.5) is 5.69 Å². The van der Waals surface area contributed by atoms with E-state index in [9.17, 15) is 0 Å². The molecule has 2 N–H and O–H groups in total. The smallest absolute Gasteiger partial charge is 0.121 e. The Balaban J connectivity index is 1.75. The standard InChI is InChI=1S/C17H20N2O/c1-20-17-9-13(8-16(18)10-17)11-19-7-6-14-4-2-3-5-15(14)12-19/h2-5,8-10H,6-7,11-12,18H2,1H3. The van der Waals surface area contributed by atoms with Crippen LogP contribution in [-0.4, -0.2) is 18.6 Å². The number of hydrogen-bond donors (Lipinski definition) is 1. The van der Waals surface area contributed by atoms with Crippen LogP contribution < -0.4 is 10.5 Å². The van der Waals surface area contributed by atoms with Gasteiger partial charge in [0.1, 0.15) is 5.75 Å². The molecule has 1 heterocycles. The van der Waals surface area contributed by atoms with Crippen LogP contribution in [0, 0.1) is 0 Å². The molecule has 0 aliphatic carbocycles. The van der Waals surface area contributed by atoms with Gasteiger partial charge in [-0.15, -0.1) is 0 Å². The summed E-state index contributed by atoms with van der Waals surface area (Å²) in [4.78, 5) is 2.45. The van der Waals surface area contributed by atoms with Crippen LogP contribution in [0.3, 0.4) is 0 Å². The van der Waals surface area contributed by atoms with Crippen molar-refractivity contribution in [2.75, 3.05) is 19.4 Å². The summed E-state index contributed by atoms with van der Waals surface area (Å²) < 4.78 is 5.28. The summed E-state index contributed by atoms with van der Waals surface area (Å²) in [6.45, 7) is 3.01. The number of ether oxygens (including phenoxy) is 1. The van der Waals surface area contributed by atoms with Gasteiger partial charge in [0.25, 0.3) is 0 Å². The first-order chi connectivity index (χ1) is 9.74. The molecule has 1 aliphatic rings. The molecule has 0 unspecified atom stereocenters. The molecule has 3 heteroatoms. The van der Waals surface area contributed by atoms with E-state index in [4.69, 9.17) is 10.5 Å². The van der Waals surface area contributed by atoms with Gasteiger partial charge in [-0.05, 0) is 35.2 Å². The van der Waals surface area contributed by atoms with Crippen molar-refractivity contribution in [2.24, 2.45) is 0 Å². The van der Waals surface area contributed by atoms with Crippen LogP contribution >= 0.6 is 0 Å². The third-order valence-electron chi connectivity index (χ3n) is 3.84. The van der Waals surface area contributed by atoms with E-state index in [-0.39, 0.29) is 0 Å². The van der Waals surface area contributed by atoms with Crippen molar-refractivity contribution >= 4 is 5.69 Å². The second kappa shape index (κ2) is 5.55. The van der Waals surface area contributed by atoms with Gasteiger partial charge in [0.05, 0.1) is 7.11 Å². The fourth-order valence-electron chi connectivity index (χ4n) is 2.84. The minimum Gasteiger partial charge on any atom is -0.497 e. The Hall–Kier alpha value is -2.00. The second-order valence-corrected chi connectivity index (χ2v) is 5.34. The van der Waals surface area contributed by atoms with Crippen molar-refractivity contribution in [3.63, 3.8) is 0 Å². The minimum atomic E-state index is 0.761. The summed E-state index contributed by atoms with van der Waals surface area (Å²) in [6.07, 6.45) is 1.12. The lowest BCUT2D eigenvalue weighted by molar-refractivity contribution is 0.245. The highest BCUT2D eigenvalue weighted by molar-refractivity contribution is 5.47. The maximum atomic E-state index is 5.92. The molecule has 0 fully saturated rings. The Morgan fingerprint density at radius 2 is 1.95 bits per heavy atom. The van der Waals surface area contributed by atoms with Crippen molar-refractivity contribution in [2.45, 2.75) is 19.5 Å². The molecule has 1 aliphatic heterocycles. The van der Waals surface area contributed by atoms with Crippen LogP contribution in [0.5, 0.6) is 5.75 Å². The molecule has 3 nitrogen and oxygen atoms in total. The molecule has 0 spiro atoms. The number of nitrogens with two attached hydrogens (primary N) is 1. The Morgan fingerprint density at radius 3 is 2.75 bits per heavy atom. The normalized spacial score (nSPS) is 14.8. The van der Waals surface area contributed by atoms with Crippen LogP contribution in [-0.2, 0) is 19.5 Å². The van der Waals surface area contributed by atoms with Crippen LogP contribution in [0.2, 0.25) is 0 Å². The maximum Gasteiger partial charge on any atom is 0.121 e. The van der Waals surface area contributed by atoms with Gasteiger partial charge in [-0.2, -0.15) is 0 Å². The molecule has 104 valence electrons. The lowest BCUT2D eigenvalue weighted by atomic mass is 9.99. The van der Waals surface area contributed by atoms with E-state index < -0.39 is 0 Å². The van der Waals surface area contributed by atoms with Crippen LogP contribution in [0.25, 0.3) is 0 Å². The van der Waals surface area contributed by atoms with Crippen molar-refractivity contribution in [3.8, 4) is 5.75 Å². The summed E-state index contributed by atoms with van der Waals surface area (Å²) >= 11 is 0. The fourth-order valence-corrected chi connectivity index (χ4v) is 2.84. The van der Waals surface area contributed by atoms with E-state index in [1.54, 1.807) is 7.11 Å². The molecule has 2 aromatic carbocycles. The summed E-state index contributed by atoms with van der Waals surface area (Å²) in [6, 6.07) is 14.6. The minimum absolute atomic E-state index is 0.761. The summed E-state index contributed by atoms with van der Waals surface area (Å²) in [5, 5.41) is 0. The zero-order valence-electron chi connectivity index (χ0n) is 11.8. The zero-order chi connectivity index (χ0) is 13.9. The topological polar surface area (TPSA) is 38.5 Å². The number of anilines is 1. The van der Waals surface area contributed by atoms with Gasteiger partial charge < -0.3 is 10.5 Å². The van der Waals surface area contributed by atoms with Gasteiger partial charge in [-0.25, -0.2) is 0 Å². The number of methoxy groups -OCH3 is 1. The molecular formula is C17H20N2O. The van der Waals surface area contributed by atoms with Gasteiger partial charge in [-0.3, -0.25) is 4.90 Å². The Bertz CT molecular complexity index is 610. The molecule has 0 saturated heterocycles. The Kier molecular flexibility index (Phi) is 3.61. The number of rotatable bonds is 3. The molecular weight excluding hydrogens is 248 g/mol. The number of hydrogen-bond acceptors (Lipinski definition) is 3. The van der Waals surface area contributed by atoms with Gasteiger partial charge in [0.2, 0.25) is 0 Å². The van der Waals surface area contributed by atoms with Gasteiger partial charge in [0.15, 0.2) is 0 Å². The van der Waals surface area contributed by atoms with E-state index in [1.165, 1.54) is 16.7 Å². The Morgan fingerprint density at radius 1 is 1.15 bits per heavy atom. The molecule has 0 atom stereocenters. The van der Waals surface area contributed by atoms with Crippen molar-refractivity contribution in [1.82, 2.24) is 4.90 Å². The Labute approximate surface area is 120 Å². The molecule has 2 aromatic rings. The summed E-state index contributed by atoms with van der Waals surface area (Å²) in [7, 11) is 1.68. The van der Waals surface area contributed by atoms with Gasteiger partial charge in [0, 0.05) is 31.4 Å². The van der Waals surface area contributed by atoms with Crippen molar-refractivity contribution in [1.29, 1.82) is 0 Å². The van der Waals surface area contributed by atoms with Crippen molar-refractivity contribution in [3.05, 3.63) is 59.2 Å². The average molecular weight is 268 g/mol. The molecule has 20 heavy (non-hydrogen) atoms. The first-order valence-corrected chi connectivity index (χ1v) is 6.97. The lowest BCUT2D eigenvalue weighted by Gasteiger charge is -2.28. The first kappa shape index (κ1) is 13.0. The largest absolute Gasteiger partial charge is 0.497 e. The molecule has 0 amide bonds. The van der Waals surface area contributed by atoms with E-state index in [0.717, 1.165) is 37.5 Å². The zero-order valence-corrected chi connectivity index (χ0v) is 11.8. The lowest BCUT2D eigenvalue weighted by Crippen LogP contribution is -2.30. The van der Waals surface area contributed by atoms with E-state index in [2.05, 4.69) is 35.2 Å². The monoisotopic (exact) mass is 268 g/mol. The molecule has 0 aromatic heterocycles. The highest BCUT2D eigenvalue weighted by atomic mass is 16.5. The van der Waals surface area contributed by atoms with Crippen LogP contribution in [0.15, 0.2) is 42.5 Å². The summed E-state index contributed by atoms with van der Waals surface area (Å²) in [5.41, 5.74) is 10.8. The number of nitrogens with zero attached hydrogens (tertiary/aromatic N) is 1. The third-order valence-corrected chi connectivity index (χ3v) is 3.84. The van der Waals surface area contributed by atoms with Gasteiger partial charge >= 0.3 is 0 Å². The van der Waals surface area contributed by atoms with Gasteiger partial charge in [-0.1, -0.05) is 24.3 Å². The fraction of sp³-hybridized carbons (Fsp3) is 0.294. The second-order valence-electron chi connectivity index (χ2n) is 5.34. The highest BCUT2D eigenvalue weighted by Crippen LogP contribution is 2.23. The SMILES string of the molecule is COc1cc(N)cc(CN2CCc3ccccc3C2)c1. The number of benzene rings is 2. The third kappa shape index (κ3) is 2.78. The number of nitrogen functional groups attached to an aromatic ring is 1. The van der Waals surface area contributed by atoms with Crippen molar-refractivity contribution < 1.29 is 4.74 Å². The first-order valence-electron chi connectivity index (χ1n) is 6.97. The predicted molar refractivity (Wildman–Crippen MR) is 81.7 cm³/mol. The van der Waals surface area contributed by atoms with Crippen LogP contribution in [0.1, 0.15) is 16.7 Å². The number of fused-ring (bicyclic) bond motifs is 1. The molecule has 0 saturated carbocycles. The quantitative estimate of drug-likeness (QED) is 0.870. The average Bonchev–Trinajstić information content (AvgIpc) is 2.46. The van der Waals surface area contributed by atoms with E-state index >= 15 is 0 Å². The molecule has 0 bridgehead atoms. The maximum absolute atomic E-state index is 5.92. The van der Waals surface area contributed by atoms with E-state index in [1.807, 2.05) is 12.1 Å². The molecule has 3 rings (SSSR count). The predicted octanol–water partition coefficient (Wildman–Crippen LogP) is 2.84. The summed E-state index contributed by atoms with van der Waals surface area (Å²) in [5.74, 6) is 0.831.